The van der Waals surface area contributed by atoms with Crippen LogP contribution < -0.4 is 4.90 Å². The summed E-state index contributed by atoms with van der Waals surface area (Å²) in [7, 11) is 0. The highest BCUT2D eigenvalue weighted by Gasteiger charge is 2.44. The predicted molar refractivity (Wildman–Crippen MR) is 86.3 cm³/mol. The summed E-state index contributed by atoms with van der Waals surface area (Å²) in [4.78, 5) is 20.1. The van der Waals surface area contributed by atoms with Crippen LogP contribution >= 0.6 is 0 Å². The van der Waals surface area contributed by atoms with Crippen molar-refractivity contribution in [3.8, 4) is 0 Å². The van der Waals surface area contributed by atoms with Crippen LogP contribution in [-0.2, 0) is 10.9 Å². The number of hydrogen-bond donors (Lipinski definition) is 0. The van der Waals surface area contributed by atoms with Crippen LogP contribution in [0.4, 0.5) is 23.8 Å². The zero-order chi connectivity index (χ0) is 18.4. The molecule has 1 aromatic rings. The van der Waals surface area contributed by atoms with Crippen LogP contribution in [0.15, 0.2) is 18.3 Å². The summed E-state index contributed by atoms with van der Waals surface area (Å²) in [6.07, 6.45) is -1.93. The van der Waals surface area contributed by atoms with E-state index >= 15 is 0 Å². The molecule has 0 N–H and O–H groups in total. The van der Waals surface area contributed by atoms with Crippen molar-refractivity contribution in [2.45, 2.75) is 57.5 Å². The van der Waals surface area contributed by atoms with E-state index in [1.54, 1.807) is 4.90 Å². The van der Waals surface area contributed by atoms with E-state index in [0.29, 0.717) is 18.9 Å². The molecule has 138 valence electrons. The number of halogens is 3. The third-order valence-electron chi connectivity index (χ3n) is 4.48. The lowest BCUT2D eigenvalue weighted by atomic mass is 10.1. The molecule has 2 fully saturated rings. The molecule has 0 saturated carbocycles. The number of rotatable bonds is 1. The first kappa shape index (κ1) is 17.8. The average molecular weight is 357 g/mol. The maximum absolute atomic E-state index is 12.9. The predicted octanol–water partition coefficient (Wildman–Crippen LogP) is 3.69. The van der Waals surface area contributed by atoms with Crippen molar-refractivity contribution in [3.05, 3.63) is 23.9 Å². The van der Waals surface area contributed by atoms with E-state index in [9.17, 15) is 18.0 Å². The van der Waals surface area contributed by atoms with E-state index in [0.717, 1.165) is 25.0 Å². The molecule has 2 bridgehead atoms. The Kier molecular flexibility index (Phi) is 4.33. The van der Waals surface area contributed by atoms with Gasteiger partial charge in [0.15, 0.2) is 0 Å². The van der Waals surface area contributed by atoms with E-state index in [1.165, 1.54) is 6.20 Å². The van der Waals surface area contributed by atoms with Gasteiger partial charge in [-0.25, -0.2) is 9.78 Å². The van der Waals surface area contributed by atoms with E-state index in [1.807, 2.05) is 25.7 Å². The second-order valence-corrected chi connectivity index (χ2v) is 7.58. The van der Waals surface area contributed by atoms with E-state index in [-0.39, 0.29) is 18.2 Å². The Morgan fingerprint density at radius 1 is 1.20 bits per heavy atom. The van der Waals surface area contributed by atoms with Crippen molar-refractivity contribution >= 4 is 11.9 Å². The molecule has 2 aliphatic heterocycles. The van der Waals surface area contributed by atoms with Crippen LogP contribution in [-0.4, -0.2) is 46.8 Å². The summed E-state index contributed by atoms with van der Waals surface area (Å²) in [5, 5.41) is 0. The standard InChI is InChI=1S/C17H22F3N3O2/c1-16(2,3)25-15(24)23-12-4-5-13(23)10-22(9-12)14-8-11(6-7-21-14)17(18,19)20/h6-8,12-13H,4-5,9-10H2,1-3H3. The number of ether oxygens (including phenoxy) is 1. The fraction of sp³-hybridized carbons (Fsp3) is 0.647. The van der Waals surface area contributed by atoms with Gasteiger partial charge in [0.1, 0.15) is 11.4 Å². The molecule has 0 spiro atoms. The molecule has 2 unspecified atom stereocenters. The monoisotopic (exact) mass is 357 g/mol. The highest BCUT2D eigenvalue weighted by molar-refractivity contribution is 5.70. The van der Waals surface area contributed by atoms with Gasteiger partial charge >= 0.3 is 12.3 Å². The second kappa shape index (κ2) is 6.07. The van der Waals surface area contributed by atoms with E-state index in [2.05, 4.69) is 4.98 Å². The molecule has 0 radical (unpaired) electrons. The zero-order valence-electron chi connectivity index (χ0n) is 14.5. The van der Waals surface area contributed by atoms with Crippen molar-refractivity contribution in [2.75, 3.05) is 18.0 Å². The van der Waals surface area contributed by atoms with Crippen molar-refractivity contribution in [2.24, 2.45) is 0 Å². The summed E-state index contributed by atoms with van der Waals surface area (Å²) >= 11 is 0. The molecule has 8 heteroatoms. The van der Waals surface area contributed by atoms with Gasteiger partial charge in [0.05, 0.1) is 17.6 Å². The Hall–Kier alpha value is -1.99. The summed E-state index contributed by atoms with van der Waals surface area (Å²) < 4.78 is 44.2. The van der Waals surface area contributed by atoms with Gasteiger partial charge < -0.3 is 9.64 Å². The number of carbonyl (C=O) groups is 1. The molecule has 3 rings (SSSR count). The minimum atomic E-state index is -4.39. The number of piperazine rings is 1. The molecule has 2 atom stereocenters. The van der Waals surface area contributed by atoms with Crippen LogP contribution in [0.3, 0.4) is 0 Å². The highest BCUT2D eigenvalue weighted by atomic mass is 19.4. The first-order chi connectivity index (χ1) is 11.5. The maximum atomic E-state index is 12.9. The Morgan fingerprint density at radius 3 is 2.32 bits per heavy atom. The summed E-state index contributed by atoms with van der Waals surface area (Å²) in [5.41, 5.74) is -1.28. The maximum Gasteiger partial charge on any atom is 0.416 e. The third-order valence-corrected chi connectivity index (χ3v) is 4.48. The molecule has 2 aliphatic rings. The fourth-order valence-electron chi connectivity index (χ4n) is 3.47. The lowest BCUT2D eigenvalue weighted by molar-refractivity contribution is -0.137. The van der Waals surface area contributed by atoms with Crippen LogP contribution in [0.25, 0.3) is 0 Å². The number of pyridine rings is 1. The number of nitrogens with zero attached hydrogens (tertiary/aromatic N) is 3. The summed E-state index contributed by atoms with van der Waals surface area (Å²) in [6.45, 7) is 6.37. The van der Waals surface area contributed by atoms with Gasteiger partial charge in [0.2, 0.25) is 0 Å². The van der Waals surface area contributed by atoms with Gasteiger partial charge in [-0.1, -0.05) is 0 Å². The number of amides is 1. The normalized spacial score (nSPS) is 23.8. The van der Waals surface area contributed by atoms with Gasteiger partial charge in [-0.2, -0.15) is 13.2 Å². The minimum Gasteiger partial charge on any atom is -0.444 e. The van der Waals surface area contributed by atoms with Crippen molar-refractivity contribution in [1.29, 1.82) is 0 Å². The van der Waals surface area contributed by atoms with Crippen molar-refractivity contribution < 1.29 is 22.7 Å². The number of alkyl halides is 3. The van der Waals surface area contributed by atoms with Crippen LogP contribution in [0.2, 0.25) is 0 Å². The van der Waals surface area contributed by atoms with Gasteiger partial charge in [-0.05, 0) is 45.7 Å². The lowest BCUT2D eigenvalue weighted by Gasteiger charge is -2.41. The molecule has 1 amide bonds. The van der Waals surface area contributed by atoms with Gasteiger partial charge in [0, 0.05) is 19.3 Å². The van der Waals surface area contributed by atoms with Crippen molar-refractivity contribution in [1.82, 2.24) is 9.88 Å². The molecular formula is C17H22F3N3O2. The molecule has 2 saturated heterocycles. The van der Waals surface area contributed by atoms with E-state index in [4.69, 9.17) is 4.74 Å². The summed E-state index contributed by atoms with van der Waals surface area (Å²) in [5.74, 6) is 0.301. The SMILES string of the molecule is CC(C)(C)OC(=O)N1C2CCC1CN(c1cc(C(F)(F)F)ccn1)C2. The van der Waals surface area contributed by atoms with Gasteiger partial charge in [-0.3, -0.25) is 4.90 Å². The molecule has 0 aromatic carbocycles. The Labute approximate surface area is 144 Å². The lowest BCUT2D eigenvalue weighted by Crippen LogP contribution is -2.57. The minimum absolute atomic E-state index is 0.0649. The Bertz CT molecular complexity index is 643. The van der Waals surface area contributed by atoms with Crippen LogP contribution in [0.1, 0.15) is 39.2 Å². The second-order valence-electron chi connectivity index (χ2n) is 7.58. The molecular weight excluding hydrogens is 335 g/mol. The molecule has 3 heterocycles. The number of aromatic nitrogens is 1. The zero-order valence-corrected chi connectivity index (χ0v) is 14.5. The average Bonchev–Trinajstić information content (AvgIpc) is 2.75. The van der Waals surface area contributed by atoms with Gasteiger partial charge in [-0.15, -0.1) is 0 Å². The van der Waals surface area contributed by atoms with Crippen LogP contribution in [0.5, 0.6) is 0 Å². The Morgan fingerprint density at radius 2 is 1.80 bits per heavy atom. The van der Waals surface area contributed by atoms with Crippen molar-refractivity contribution in [3.63, 3.8) is 0 Å². The number of fused-ring (bicyclic) bond motifs is 2. The first-order valence-electron chi connectivity index (χ1n) is 8.34. The smallest absolute Gasteiger partial charge is 0.416 e. The number of hydrogen-bond acceptors (Lipinski definition) is 4. The largest absolute Gasteiger partial charge is 0.444 e. The van der Waals surface area contributed by atoms with Gasteiger partial charge in [0.25, 0.3) is 0 Å². The Balaban J connectivity index is 1.75. The first-order valence-corrected chi connectivity index (χ1v) is 8.34. The quantitative estimate of drug-likeness (QED) is 0.769. The number of carbonyl (C=O) groups excluding carboxylic acids is 1. The molecule has 25 heavy (non-hydrogen) atoms. The third kappa shape index (κ3) is 3.82. The molecule has 0 aliphatic carbocycles. The molecule has 5 nitrogen and oxygen atoms in total. The number of anilines is 1. The summed E-state index contributed by atoms with van der Waals surface area (Å²) in [6, 6.07) is 1.91. The molecule has 1 aromatic heterocycles. The highest BCUT2D eigenvalue weighted by Crippen LogP contribution is 2.35. The topological polar surface area (TPSA) is 45.7 Å². The fourth-order valence-corrected chi connectivity index (χ4v) is 3.47. The van der Waals surface area contributed by atoms with Crippen LogP contribution in [0, 0.1) is 0 Å². The van der Waals surface area contributed by atoms with E-state index < -0.39 is 17.3 Å².